The van der Waals surface area contributed by atoms with E-state index in [1.807, 2.05) is 11.1 Å². The quantitative estimate of drug-likeness (QED) is 0.810. The first-order valence-corrected chi connectivity index (χ1v) is 7.28. The SMILES string of the molecule is O=C(CCN1CCCCCC1=O)NCCc1cn[nH]c1. The van der Waals surface area contributed by atoms with Crippen molar-refractivity contribution in [3.05, 3.63) is 18.0 Å². The molecule has 110 valence electrons. The molecule has 0 saturated carbocycles. The van der Waals surface area contributed by atoms with E-state index >= 15 is 0 Å². The number of rotatable bonds is 6. The van der Waals surface area contributed by atoms with Crippen LogP contribution >= 0.6 is 0 Å². The normalized spacial score (nSPS) is 16.0. The maximum atomic E-state index is 11.8. The summed E-state index contributed by atoms with van der Waals surface area (Å²) in [6.07, 6.45) is 8.49. The molecule has 0 spiro atoms. The summed E-state index contributed by atoms with van der Waals surface area (Å²) in [6, 6.07) is 0. The molecule has 1 aliphatic heterocycles. The van der Waals surface area contributed by atoms with Crippen LogP contribution in [-0.2, 0) is 16.0 Å². The molecular formula is C14H22N4O2. The lowest BCUT2D eigenvalue weighted by Crippen LogP contribution is -2.35. The molecule has 1 aromatic heterocycles. The summed E-state index contributed by atoms with van der Waals surface area (Å²) in [5.41, 5.74) is 1.08. The van der Waals surface area contributed by atoms with Gasteiger partial charge in [-0.25, -0.2) is 0 Å². The molecule has 6 nitrogen and oxygen atoms in total. The Kier molecular flexibility index (Phi) is 5.58. The number of carbonyl (C=O) groups is 2. The summed E-state index contributed by atoms with van der Waals surface area (Å²) >= 11 is 0. The van der Waals surface area contributed by atoms with Crippen LogP contribution in [0.1, 0.15) is 37.7 Å². The fourth-order valence-corrected chi connectivity index (χ4v) is 2.36. The van der Waals surface area contributed by atoms with Crippen LogP contribution in [0.25, 0.3) is 0 Å². The van der Waals surface area contributed by atoms with Gasteiger partial charge in [0, 0.05) is 38.7 Å². The second-order valence-electron chi connectivity index (χ2n) is 5.15. The third kappa shape index (κ3) is 4.68. The molecule has 1 saturated heterocycles. The third-order valence-electron chi connectivity index (χ3n) is 3.57. The lowest BCUT2D eigenvalue weighted by Gasteiger charge is -2.19. The third-order valence-corrected chi connectivity index (χ3v) is 3.57. The Bertz CT molecular complexity index is 430. The summed E-state index contributed by atoms with van der Waals surface area (Å²) in [5.74, 6) is 0.194. The topological polar surface area (TPSA) is 78.1 Å². The smallest absolute Gasteiger partial charge is 0.222 e. The van der Waals surface area contributed by atoms with Crippen LogP contribution in [-0.4, -0.2) is 46.5 Å². The van der Waals surface area contributed by atoms with Crippen molar-refractivity contribution in [2.24, 2.45) is 0 Å². The number of H-pyrrole nitrogens is 1. The van der Waals surface area contributed by atoms with E-state index in [4.69, 9.17) is 0 Å². The van der Waals surface area contributed by atoms with E-state index in [1.165, 1.54) is 0 Å². The fourth-order valence-electron chi connectivity index (χ4n) is 2.36. The van der Waals surface area contributed by atoms with Crippen molar-refractivity contribution in [3.63, 3.8) is 0 Å². The number of aromatic amines is 1. The van der Waals surface area contributed by atoms with Crippen LogP contribution in [0.15, 0.2) is 12.4 Å². The van der Waals surface area contributed by atoms with Crippen LogP contribution in [0.3, 0.4) is 0 Å². The zero-order valence-corrected chi connectivity index (χ0v) is 11.7. The summed E-state index contributed by atoms with van der Waals surface area (Å²) in [7, 11) is 0. The Hall–Kier alpha value is -1.85. The van der Waals surface area contributed by atoms with Crippen molar-refractivity contribution in [2.45, 2.75) is 38.5 Å². The highest BCUT2D eigenvalue weighted by atomic mass is 16.2. The van der Waals surface area contributed by atoms with Crippen LogP contribution in [0.2, 0.25) is 0 Å². The number of amides is 2. The molecule has 0 aromatic carbocycles. The minimum atomic E-state index is 0.00513. The molecule has 2 N–H and O–H groups in total. The van der Waals surface area contributed by atoms with Crippen molar-refractivity contribution < 1.29 is 9.59 Å². The van der Waals surface area contributed by atoms with Gasteiger partial charge >= 0.3 is 0 Å². The molecule has 2 rings (SSSR count). The molecule has 1 aromatic rings. The molecule has 0 unspecified atom stereocenters. The molecule has 6 heteroatoms. The van der Waals surface area contributed by atoms with Gasteiger partial charge in [0.1, 0.15) is 0 Å². The number of likely N-dealkylation sites (tertiary alicyclic amines) is 1. The Balaban J connectivity index is 1.62. The highest BCUT2D eigenvalue weighted by Crippen LogP contribution is 2.11. The van der Waals surface area contributed by atoms with Gasteiger partial charge in [0.05, 0.1) is 6.20 Å². The maximum Gasteiger partial charge on any atom is 0.222 e. The standard InChI is InChI=1S/C14H22N4O2/c19-13(15-7-5-12-10-16-17-11-12)6-9-18-8-3-1-2-4-14(18)20/h10-11H,1-9H2,(H,15,19)(H,16,17). The first-order chi connectivity index (χ1) is 9.75. The van der Waals surface area contributed by atoms with Crippen molar-refractivity contribution in [2.75, 3.05) is 19.6 Å². The van der Waals surface area contributed by atoms with E-state index in [-0.39, 0.29) is 11.8 Å². The molecule has 1 aliphatic rings. The second kappa shape index (κ2) is 7.67. The molecule has 0 bridgehead atoms. The fraction of sp³-hybridized carbons (Fsp3) is 0.643. The summed E-state index contributed by atoms with van der Waals surface area (Å²) < 4.78 is 0. The van der Waals surface area contributed by atoms with Gasteiger partial charge < -0.3 is 10.2 Å². The highest BCUT2D eigenvalue weighted by Gasteiger charge is 2.16. The maximum absolute atomic E-state index is 11.8. The number of nitrogens with zero attached hydrogens (tertiary/aromatic N) is 2. The van der Waals surface area contributed by atoms with Crippen molar-refractivity contribution >= 4 is 11.8 Å². The molecule has 2 amide bonds. The Morgan fingerprint density at radius 1 is 1.40 bits per heavy atom. The van der Waals surface area contributed by atoms with Gasteiger partial charge in [-0.1, -0.05) is 6.42 Å². The van der Waals surface area contributed by atoms with E-state index in [9.17, 15) is 9.59 Å². The van der Waals surface area contributed by atoms with Crippen molar-refractivity contribution in [1.82, 2.24) is 20.4 Å². The summed E-state index contributed by atoms with van der Waals surface area (Å²) in [4.78, 5) is 25.3. The number of aromatic nitrogens is 2. The number of carbonyl (C=O) groups excluding carboxylic acids is 2. The van der Waals surface area contributed by atoms with Crippen LogP contribution in [0, 0.1) is 0 Å². The summed E-state index contributed by atoms with van der Waals surface area (Å²) in [5, 5.41) is 9.47. The predicted octanol–water partition coefficient (Wildman–Crippen LogP) is 0.861. The van der Waals surface area contributed by atoms with Gasteiger partial charge in [0.25, 0.3) is 0 Å². The highest BCUT2D eigenvalue weighted by molar-refractivity contribution is 5.79. The minimum Gasteiger partial charge on any atom is -0.356 e. The second-order valence-corrected chi connectivity index (χ2v) is 5.15. The first-order valence-electron chi connectivity index (χ1n) is 7.28. The summed E-state index contributed by atoms with van der Waals surface area (Å²) in [6.45, 7) is 1.93. The lowest BCUT2D eigenvalue weighted by atomic mass is 10.2. The van der Waals surface area contributed by atoms with Crippen LogP contribution in [0.4, 0.5) is 0 Å². The lowest BCUT2D eigenvalue weighted by molar-refractivity contribution is -0.131. The van der Waals surface area contributed by atoms with E-state index in [0.717, 1.165) is 37.8 Å². The Morgan fingerprint density at radius 3 is 3.10 bits per heavy atom. The average Bonchev–Trinajstić information content (AvgIpc) is 2.86. The number of nitrogens with one attached hydrogen (secondary N) is 2. The average molecular weight is 278 g/mol. The van der Waals surface area contributed by atoms with E-state index in [1.54, 1.807) is 6.20 Å². The predicted molar refractivity (Wildman–Crippen MR) is 75.0 cm³/mol. The van der Waals surface area contributed by atoms with Crippen molar-refractivity contribution in [3.8, 4) is 0 Å². The van der Waals surface area contributed by atoms with E-state index < -0.39 is 0 Å². The number of hydrogen-bond donors (Lipinski definition) is 2. The van der Waals surface area contributed by atoms with Gasteiger partial charge in [0.2, 0.25) is 11.8 Å². The molecule has 0 atom stereocenters. The van der Waals surface area contributed by atoms with Gasteiger partial charge in [-0.2, -0.15) is 5.10 Å². The monoisotopic (exact) mass is 278 g/mol. The van der Waals surface area contributed by atoms with Gasteiger partial charge in [-0.15, -0.1) is 0 Å². The zero-order chi connectivity index (χ0) is 14.2. The van der Waals surface area contributed by atoms with Crippen molar-refractivity contribution in [1.29, 1.82) is 0 Å². The molecule has 0 aliphatic carbocycles. The Labute approximate surface area is 118 Å². The first kappa shape index (κ1) is 14.6. The molecule has 2 heterocycles. The van der Waals surface area contributed by atoms with Gasteiger partial charge in [-0.05, 0) is 24.8 Å². The number of hydrogen-bond acceptors (Lipinski definition) is 3. The molecule has 0 radical (unpaired) electrons. The zero-order valence-electron chi connectivity index (χ0n) is 11.7. The Morgan fingerprint density at radius 2 is 2.30 bits per heavy atom. The van der Waals surface area contributed by atoms with Gasteiger partial charge in [-0.3, -0.25) is 14.7 Å². The van der Waals surface area contributed by atoms with Crippen LogP contribution < -0.4 is 5.32 Å². The molecule has 1 fully saturated rings. The van der Waals surface area contributed by atoms with E-state index in [0.29, 0.717) is 25.9 Å². The minimum absolute atomic E-state index is 0.00513. The van der Waals surface area contributed by atoms with Gasteiger partial charge in [0.15, 0.2) is 0 Å². The molecule has 20 heavy (non-hydrogen) atoms. The largest absolute Gasteiger partial charge is 0.356 e. The van der Waals surface area contributed by atoms with Crippen LogP contribution in [0.5, 0.6) is 0 Å². The molecular weight excluding hydrogens is 256 g/mol. The van der Waals surface area contributed by atoms with E-state index in [2.05, 4.69) is 15.5 Å².